The fourth-order valence-corrected chi connectivity index (χ4v) is 4.44. The number of rotatable bonds is 3. The van der Waals surface area contributed by atoms with Gasteiger partial charge in [0.25, 0.3) is 5.91 Å². The van der Waals surface area contributed by atoms with Crippen molar-refractivity contribution in [2.75, 3.05) is 18.0 Å². The second-order valence-electron chi connectivity index (χ2n) is 6.04. The van der Waals surface area contributed by atoms with Gasteiger partial charge in [-0.1, -0.05) is 23.5 Å². The second kappa shape index (κ2) is 7.09. The zero-order chi connectivity index (χ0) is 17.2. The molecule has 0 radical (unpaired) electrons. The van der Waals surface area contributed by atoms with Crippen LogP contribution in [-0.4, -0.2) is 35.0 Å². The SMILES string of the molecule is O=C(NC1CCN(c2nc3cccnc3s2)CC1)c1ccccc1Br. The Balaban J connectivity index is 1.38. The lowest BCUT2D eigenvalue weighted by molar-refractivity contribution is 0.0930. The molecule has 0 aliphatic carbocycles. The first kappa shape index (κ1) is 16.5. The number of halogens is 1. The molecule has 0 unspecified atom stereocenters. The Kier molecular flexibility index (Phi) is 4.67. The average Bonchev–Trinajstić information content (AvgIpc) is 3.07. The minimum atomic E-state index is -0.0184. The zero-order valence-corrected chi connectivity index (χ0v) is 15.9. The predicted octanol–water partition coefficient (Wildman–Crippen LogP) is 3.85. The van der Waals surface area contributed by atoms with Crippen LogP contribution in [-0.2, 0) is 0 Å². The summed E-state index contributed by atoms with van der Waals surface area (Å²) in [7, 11) is 0. The first-order valence-corrected chi connectivity index (χ1v) is 9.83. The van der Waals surface area contributed by atoms with Gasteiger partial charge >= 0.3 is 0 Å². The quantitative estimate of drug-likeness (QED) is 0.704. The molecule has 5 nitrogen and oxygen atoms in total. The van der Waals surface area contributed by atoms with Crippen molar-refractivity contribution in [1.82, 2.24) is 15.3 Å². The Labute approximate surface area is 158 Å². The number of thiazole rings is 1. The highest BCUT2D eigenvalue weighted by atomic mass is 79.9. The van der Waals surface area contributed by atoms with Crippen LogP contribution in [0.4, 0.5) is 5.13 Å². The molecule has 0 saturated carbocycles. The Bertz CT molecular complexity index is 872. The van der Waals surface area contributed by atoms with E-state index < -0.39 is 0 Å². The minimum Gasteiger partial charge on any atom is -0.349 e. The van der Waals surface area contributed by atoms with Gasteiger partial charge < -0.3 is 10.2 Å². The van der Waals surface area contributed by atoms with Gasteiger partial charge in [0.1, 0.15) is 10.3 Å². The molecule has 1 amide bonds. The average molecular weight is 417 g/mol. The summed E-state index contributed by atoms with van der Waals surface area (Å²) in [5, 5.41) is 4.17. The van der Waals surface area contributed by atoms with Crippen LogP contribution in [0.3, 0.4) is 0 Å². The molecule has 1 aliphatic heterocycles. The molecule has 0 atom stereocenters. The van der Waals surface area contributed by atoms with Crippen molar-refractivity contribution in [1.29, 1.82) is 0 Å². The maximum Gasteiger partial charge on any atom is 0.252 e. The molecule has 4 rings (SSSR count). The molecule has 1 aliphatic rings. The third-order valence-corrected chi connectivity index (χ3v) is 6.11. The summed E-state index contributed by atoms with van der Waals surface area (Å²) in [6, 6.07) is 11.6. The van der Waals surface area contributed by atoms with Gasteiger partial charge in [0, 0.05) is 29.8 Å². The van der Waals surface area contributed by atoms with Crippen LogP contribution in [0.25, 0.3) is 10.3 Å². The van der Waals surface area contributed by atoms with Crippen LogP contribution in [0.15, 0.2) is 47.1 Å². The van der Waals surface area contributed by atoms with Crippen molar-refractivity contribution in [2.24, 2.45) is 0 Å². The number of carbonyl (C=O) groups is 1. The third kappa shape index (κ3) is 3.52. The lowest BCUT2D eigenvalue weighted by Gasteiger charge is -2.32. The monoisotopic (exact) mass is 416 g/mol. The van der Waals surface area contributed by atoms with Gasteiger partial charge in [-0.2, -0.15) is 0 Å². The number of fused-ring (bicyclic) bond motifs is 1. The van der Waals surface area contributed by atoms with Crippen molar-refractivity contribution >= 4 is 48.7 Å². The van der Waals surface area contributed by atoms with Gasteiger partial charge in [0.2, 0.25) is 0 Å². The van der Waals surface area contributed by atoms with Gasteiger partial charge in [-0.15, -0.1) is 0 Å². The molecule has 7 heteroatoms. The number of pyridine rings is 1. The second-order valence-corrected chi connectivity index (χ2v) is 7.85. The van der Waals surface area contributed by atoms with Crippen molar-refractivity contribution in [3.63, 3.8) is 0 Å². The maximum absolute atomic E-state index is 12.4. The molecule has 128 valence electrons. The van der Waals surface area contributed by atoms with Crippen LogP contribution >= 0.6 is 27.3 Å². The smallest absolute Gasteiger partial charge is 0.252 e. The third-order valence-electron chi connectivity index (χ3n) is 4.37. The van der Waals surface area contributed by atoms with Crippen molar-refractivity contribution < 1.29 is 4.79 Å². The normalized spacial score (nSPS) is 15.5. The fraction of sp³-hybridized carbons (Fsp3) is 0.278. The molecule has 25 heavy (non-hydrogen) atoms. The van der Waals surface area contributed by atoms with E-state index in [1.165, 1.54) is 0 Å². The molecule has 1 aromatic carbocycles. The van der Waals surface area contributed by atoms with Crippen LogP contribution in [0, 0.1) is 0 Å². The number of piperidine rings is 1. The van der Waals surface area contributed by atoms with Crippen LogP contribution in [0.5, 0.6) is 0 Å². The standard InChI is InChI=1S/C18H17BrN4OS/c19-14-5-2-1-4-13(14)16(24)21-12-7-10-23(11-8-12)18-22-15-6-3-9-20-17(15)25-18/h1-6,9,12H,7-8,10-11H2,(H,21,24). The number of benzene rings is 1. The number of amides is 1. The van der Waals surface area contributed by atoms with Crippen LogP contribution < -0.4 is 10.2 Å². The first-order valence-electron chi connectivity index (χ1n) is 8.22. The molecule has 3 heterocycles. The topological polar surface area (TPSA) is 58.1 Å². The van der Waals surface area contributed by atoms with Crippen molar-refractivity contribution in [3.05, 3.63) is 52.6 Å². The van der Waals surface area contributed by atoms with E-state index in [4.69, 9.17) is 0 Å². The highest BCUT2D eigenvalue weighted by Gasteiger charge is 2.23. The Hall–Kier alpha value is -1.99. The van der Waals surface area contributed by atoms with E-state index in [1.54, 1.807) is 17.5 Å². The largest absolute Gasteiger partial charge is 0.349 e. The van der Waals surface area contributed by atoms with Gasteiger partial charge in [-0.3, -0.25) is 4.79 Å². The number of hydrogen-bond donors (Lipinski definition) is 1. The summed E-state index contributed by atoms with van der Waals surface area (Å²) in [5.74, 6) is -0.0184. The summed E-state index contributed by atoms with van der Waals surface area (Å²) >= 11 is 5.06. The highest BCUT2D eigenvalue weighted by Crippen LogP contribution is 2.29. The Morgan fingerprint density at radius 3 is 2.76 bits per heavy atom. The molecule has 2 aromatic heterocycles. The lowest BCUT2D eigenvalue weighted by Crippen LogP contribution is -2.44. The molecule has 3 aromatic rings. The zero-order valence-electron chi connectivity index (χ0n) is 13.5. The molecule has 1 fully saturated rings. The maximum atomic E-state index is 12.4. The number of nitrogens with zero attached hydrogens (tertiary/aromatic N) is 3. The van der Waals surface area contributed by atoms with E-state index in [1.807, 2.05) is 36.4 Å². The van der Waals surface area contributed by atoms with Crippen molar-refractivity contribution in [2.45, 2.75) is 18.9 Å². The number of aromatic nitrogens is 2. The fourth-order valence-electron chi connectivity index (χ4n) is 3.02. The number of carbonyl (C=O) groups excluding carboxylic acids is 1. The summed E-state index contributed by atoms with van der Waals surface area (Å²) in [6.07, 6.45) is 3.63. The summed E-state index contributed by atoms with van der Waals surface area (Å²) in [5.41, 5.74) is 1.63. The highest BCUT2D eigenvalue weighted by molar-refractivity contribution is 9.10. The number of nitrogens with one attached hydrogen (secondary N) is 1. The predicted molar refractivity (Wildman–Crippen MR) is 104 cm³/mol. The Morgan fingerprint density at radius 1 is 1.20 bits per heavy atom. The summed E-state index contributed by atoms with van der Waals surface area (Å²) < 4.78 is 0.826. The van der Waals surface area contributed by atoms with Crippen LogP contribution in [0.1, 0.15) is 23.2 Å². The number of anilines is 1. The molecular weight excluding hydrogens is 400 g/mol. The van der Waals surface area contributed by atoms with E-state index in [2.05, 4.69) is 36.1 Å². The van der Waals surface area contributed by atoms with Gasteiger partial charge in [0.05, 0.1) is 5.56 Å². The minimum absolute atomic E-state index is 0.0184. The molecule has 1 N–H and O–H groups in total. The van der Waals surface area contributed by atoms with E-state index in [0.717, 1.165) is 45.9 Å². The summed E-state index contributed by atoms with van der Waals surface area (Å²) in [6.45, 7) is 1.78. The van der Waals surface area contributed by atoms with Gasteiger partial charge in [-0.25, -0.2) is 9.97 Å². The van der Waals surface area contributed by atoms with Gasteiger partial charge in [0.15, 0.2) is 5.13 Å². The first-order chi connectivity index (χ1) is 12.2. The van der Waals surface area contributed by atoms with Crippen LogP contribution in [0.2, 0.25) is 0 Å². The summed E-state index contributed by atoms with van der Waals surface area (Å²) in [4.78, 5) is 24.7. The van der Waals surface area contributed by atoms with E-state index in [0.29, 0.717) is 5.56 Å². The number of hydrogen-bond acceptors (Lipinski definition) is 5. The lowest BCUT2D eigenvalue weighted by atomic mass is 10.0. The van der Waals surface area contributed by atoms with Crippen molar-refractivity contribution in [3.8, 4) is 0 Å². The van der Waals surface area contributed by atoms with E-state index in [-0.39, 0.29) is 11.9 Å². The van der Waals surface area contributed by atoms with Gasteiger partial charge in [-0.05, 0) is 53.0 Å². The Morgan fingerprint density at radius 2 is 2.00 bits per heavy atom. The van der Waals surface area contributed by atoms with E-state index in [9.17, 15) is 4.79 Å². The molecule has 0 bridgehead atoms. The molecule has 1 saturated heterocycles. The molecule has 0 spiro atoms. The molecular formula is C18H17BrN4OS. The van der Waals surface area contributed by atoms with E-state index >= 15 is 0 Å².